The normalized spacial score (nSPS) is 25.5. The van der Waals surface area contributed by atoms with Crippen molar-refractivity contribution in [2.24, 2.45) is 17.6 Å². The van der Waals surface area contributed by atoms with Gasteiger partial charge >= 0.3 is 0 Å². The molecule has 5 nitrogen and oxygen atoms in total. The molecule has 1 aliphatic heterocycles. The highest BCUT2D eigenvalue weighted by molar-refractivity contribution is 4.87. The molecular weight excluding hydrogens is 226 g/mol. The van der Waals surface area contributed by atoms with E-state index in [1.54, 1.807) is 6.33 Å². The van der Waals surface area contributed by atoms with E-state index in [1.165, 1.54) is 6.42 Å². The molecular formula is C13H25N5. The van der Waals surface area contributed by atoms with Crippen LogP contribution >= 0.6 is 0 Å². The average molecular weight is 251 g/mol. The average Bonchev–Trinajstić information content (AvgIpc) is 2.80. The lowest BCUT2D eigenvalue weighted by atomic mass is 9.87. The van der Waals surface area contributed by atoms with Crippen molar-refractivity contribution in [3.63, 3.8) is 0 Å². The number of nitrogens with zero attached hydrogens (tertiary/aromatic N) is 4. The molecule has 1 aromatic heterocycles. The molecule has 0 aromatic carbocycles. The molecule has 2 unspecified atom stereocenters. The first-order valence-corrected chi connectivity index (χ1v) is 7.03. The maximum atomic E-state index is 5.85. The summed E-state index contributed by atoms with van der Waals surface area (Å²) in [5.41, 5.74) is 5.85. The van der Waals surface area contributed by atoms with Crippen molar-refractivity contribution in [2.45, 2.75) is 39.8 Å². The summed E-state index contributed by atoms with van der Waals surface area (Å²) in [5.74, 6) is 2.46. The van der Waals surface area contributed by atoms with Crippen molar-refractivity contribution in [2.75, 3.05) is 19.6 Å². The molecule has 1 fully saturated rings. The summed E-state index contributed by atoms with van der Waals surface area (Å²) in [4.78, 5) is 6.84. The molecule has 2 N–H and O–H groups in total. The molecule has 2 heterocycles. The van der Waals surface area contributed by atoms with Crippen LogP contribution in [0.5, 0.6) is 0 Å². The minimum Gasteiger partial charge on any atom is -0.330 e. The Labute approximate surface area is 109 Å². The molecule has 0 amide bonds. The van der Waals surface area contributed by atoms with Gasteiger partial charge in [0.2, 0.25) is 0 Å². The van der Waals surface area contributed by atoms with E-state index < -0.39 is 0 Å². The van der Waals surface area contributed by atoms with Gasteiger partial charge in [-0.05, 0) is 37.8 Å². The van der Waals surface area contributed by atoms with E-state index in [0.717, 1.165) is 50.9 Å². The third-order valence-electron chi connectivity index (χ3n) is 4.00. The Hall–Kier alpha value is -0.940. The molecule has 0 radical (unpaired) electrons. The SMILES string of the molecule is CCCn1ncnc1CN1CCC(C)C(CN)C1. The Bertz CT molecular complexity index is 362. The van der Waals surface area contributed by atoms with E-state index in [2.05, 4.69) is 28.8 Å². The highest BCUT2D eigenvalue weighted by atomic mass is 15.3. The Kier molecular flexibility index (Phi) is 4.72. The maximum absolute atomic E-state index is 5.85. The zero-order chi connectivity index (χ0) is 13.0. The Morgan fingerprint density at radius 1 is 1.50 bits per heavy atom. The van der Waals surface area contributed by atoms with Crippen molar-refractivity contribution in [3.05, 3.63) is 12.2 Å². The van der Waals surface area contributed by atoms with E-state index in [-0.39, 0.29) is 0 Å². The number of aryl methyl sites for hydroxylation is 1. The predicted molar refractivity (Wildman–Crippen MR) is 71.9 cm³/mol. The third kappa shape index (κ3) is 3.09. The standard InChI is InChI=1S/C13H25N5/c1-3-5-18-13(15-10-16-18)9-17-6-4-11(2)12(7-14)8-17/h10-12H,3-9,14H2,1-2H3. The second-order valence-electron chi connectivity index (χ2n) is 5.40. The number of hydrogen-bond donors (Lipinski definition) is 1. The monoisotopic (exact) mass is 251 g/mol. The number of hydrogen-bond acceptors (Lipinski definition) is 4. The fourth-order valence-electron chi connectivity index (χ4n) is 2.68. The van der Waals surface area contributed by atoms with E-state index >= 15 is 0 Å². The van der Waals surface area contributed by atoms with Crippen LogP contribution in [0.3, 0.4) is 0 Å². The van der Waals surface area contributed by atoms with Crippen LogP contribution in [0.2, 0.25) is 0 Å². The van der Waals surface area contributed by atoms with Gasteiger partial charge in [0.05, 0.1) is 6.54 Å². The van der Waals surface area contributed by atoms with Crippen LogP contribution < -0.4 is 5.73 Å². The largest absolute Gasteiger partial charge is 0.330 e. The van der Waals surface area contributed by atoms with Crippen molar-refractivity contribution in [1.29, 1.82) is 0 Å². The molecule has 0 bridgehead atoms. The van der Waals surface area contributed by atoms with Gasteiger partial charge in [-0.25, -0.2) is 9.67 Å². The van der Waals surface area contributed by atoms with Gasteiger partial charge in [0.25, 0.3) is 0 Å². The number of piperidine rings is 1. The summed E-state index contributed by atoms with van der Waals surface area (Å²) in [7, 11) is 0. The minimum absolute atomic E-state index is 0.626. The Morgan fingerprint density at radius 3 is 3.06 bits per heavy atom. The van der Waals surface area contributed by atoms with Gasteiger partial charge < -0.3 is 5.73 Å². The van der Waals surface area contributed by atoms with Gasteiger partial charge in [-0.1, -0.05) is 13.8 Å². The van der Waals surface area contributed by atoms with Gasteiger partial charge in [-0.15, -0.1) is 0 Å². The minimum atomic E-state index is 0.626. The molecule has 0 saturated carbocycles. The first-order chi connectivity index (χ1) is 8.74. The molecule has 18 heavy (non-hydrogen) atoms. The summed E-state index contributed by atoms with van der Waals surface area (Å²) < 4.78 is 2.02. The first kappa shape index (κ1) is 13.5. The molecule has 1 aliphatic rings. The molecule has 0 spiro atoms. The molecule has 2 rings (SSSR count). The second kappa shape index (κ2) is 6.29. The van der Waals surface area contributed by atoms with E-state index in [4.69, 9.17) is 5.73 Å². The van der Waals surface area contributed by atoms with Crippen LogP contribution in [-0.2, 0) is 13.1 Å². The summed E-state index contributed by atoms with van der Waals surface area (Å²) in [6.45, 7) is 9.38. The molecule has 1 aromatic rings. The summed E-state index contributed by atoms with van der Waals surface area (Å²) in [5, 5.41) is 4.28. The number of nitrogens with two attached hydrogens (primary N) is 1. The van der Waals surface area contributed by atoms with Crippen molar-refractivity contribution >= 4 is 0 Å². The third-order valence-corrected chi connectivity index (χ3v) is 4.00. The van der Waals surface area contributed by atoms with Gasteiger partial charge in [0, 0.05) is 13.1 Å². The van der Waals surface area contributed by atoms with Gasteiger partial charge in [-0.3, -0.25) is 4.90 Å². The lowest BCUT2D eigenvalue weighted by Gasteiger charge is -2.36. The van der Waals surface area contributed by atoms with E-state index in [0.29, 0.717) is 5.92 Å². The molecule has 1 saturated heterocycles. The van der Waals surface area contributed by atoms with Crippen LogP contribution in [0.4, 0.5) is 0 Å². The Morgan fingerprint density at radius 2 is 2.33 bits per heavy atom. The molecule has 102 valence electrons. The van der Waals surface area contributed by atoms with Crippen LogP contribution in [0, 0.1) is 11.8 Å². The number of likely N-dealkylation sites (tertiary alicyclic amines) is 1. The fourth-order valence-corrected chi connectivity index (χ4v) is 2.68. The van der Waals surface area contributed by atoms with Crippen molar-refractivity contribution in [1.82, 2.24) is 19.7 Å². The van der Waals surface area contributed by atoms with E-state index in [1.807, 2.05) is 4.68 Å². The fraction of sp³-hybridized carbons (Fsp3) is 0.846. The zero-order valence-electron chi connectivity index (χ0n) is 11.5. The quantitative estimate of drug-likeness (QED) is 0.851. The Balaban J connectivity index is 1.94. The van der Waals surface area contributed by atoms with Crippen LogP contribution in [0.15, 0.2) is 6.33 Å². The van der Waals surface area contributed by atoms with Crippen molar-refractivity contribution < 1.29 is 0 Å². The number of rotatable bonds is 5. The number of aromatic nitrogens is 3. The molecule has 5 heteroatoms. The van der Waals surface area contributed by atoms with Gasteiger partial charge in [0.1, 0.15) is 12.2 Å². The maximum Gasteiger partial charge on any atom is 0.141 e. The second-order valence-corrected chi connectivity index (χ2v) is 5.40. The summed E-state index contributed by atoms with van der Waals surface area (Å²) in [6, 6.07) is 0. The first-order valence-electron chi connectivity index (χ1n) is 7.03. The lowest BCUT2D eigenvalue weighted by Crippen LogP contribution is -2.42. The molecule has 2 atom stereocenters. The summed E-state index contributed by atoms with van der Waals surface area (Å²) in [6.07, 6.45) is 4.00. The van der Waals surface area contributed by atoms with Crippen LogP contribution in [-0.4, -0.2) is 39.3 Å². The van der Waals surface area contributed by atoms with Crippen LogP contribution in [0.1, 0.15) is 32.5 Å². The predicted octanol–water partition coefficient (Wildman–Crippen LogP) is 1.10. The van der Waals surface area contributed by atoms with Gasteiger partial charge in [0.15, 0.2) is 0 Å². The summed E-state index contributed by atoms with van der Waals surface area (Å²) >= 11 is 0. The van der Waals surface area contributed by atoms with Crippen LogP contribution in [0.25, 0.3) is 0 Å². The topological polar surface area (TPSA) is 60.0 Å². The van der Waals surface area contributed by atoms with E-state index in [9.17, 15) is 0 Å². The van der Waals surface area contributed by atoms with Gasteiger partial charge in [-0.2, -0.15) is 5.10 Å². The molecule has 0 aliphatic carbocycles. The zero-order valence-corrected chi connectivity index (χ0v) is 11.5. The highest BCUT2D eigenvalue weighted by Crippen LogP contribution is 2.23. The van der Waals surface area contributed by atoms with Crippen molar-refractivity contribution in [3.8, 4) is 0 Å². The smallest absolute Gasteiger partial charge is 0.141 e. The highest BCUT2D eigenvalue weighted by Gasteiger charge is 2.25. The lowest BCUT2D eigenvalue weighted by molar-refractivity contribution is 0.122.